The van der Waals surface area contributed by atoms with Gasteiger partial charge >= 0.3 is 0 Å². The van der Waals surface area contributed by atoms with Gasteiger partial charge in [-0.15, -0.1) is 11.3 Å². The first-order valence-electron chi connectivity index (χ1n) is 10.8. The van der Waals surface area contributed by atoms with Crippen molar-refractivity contribution in [2.75, 3.05) is 5.75 Å². The van der Waals surface area contributed by atoms with Gasteiger partial charge in [-0.25, -0.2) is 4.98 Å². The fourth-order valence-electron chi connectivity index (χ4n) is 3.67. The summed E-state index contributed by atoms with van der Waals surface area (Å²) in [7, 11) is -1.37. The summed E-state index contributed by atoms with van der Waals surface area (Å²) in [6.07, 6.45) is 1.68. The van der Waals surface area contributed by atoms with E-state index < -0.39 is 10.3 Å². The molecule has 7 heteroatoms. The summed E-state index contributed by atoms with van der Waals surface area (Å²) in [6.45, 7) is 17.4. The molecule has 2 aliphatic rings. The molecule has 5 nitrogen and oxygen atoms in total. The van der Waals surface area contributed by atoms with Crippen LogP contribution in [0.3, 0.4) is 0 Å². The topological polar surface area (TPSA) is 60.5 Å². The maximum absolute atomic E-state index is 12.6. The number of rotatable bonds is 4. The largest absolute Gasteiger partial charge is 0.357 e. The molecule has 2 saturated heterocycles. The van der Waals surface area contributed by atoms with Crippen LogP contribution in [0.2, 0.25) is 0 Å². The maximum Gasteiger partial charge on any atom is 0.263 e. The summed E-state index contributed by atoms with van der Waals surface area (Å²) in [5.41, 5.74) is 1.78. The normalized spacial score (nSPS) is 28.3. The molecule has 1 aromatic heterocycles. The summed E-state index contributed by atoms with van der Waals surface area (Å²) >= 11 is 1.46. The Morgan fingerprint density at radius 1 is 1.26 bits per heavy atom. The number of benzene rings is 1. The van der Waals surface area contributed by atoms with Crippen LogP contribution in [0.4, 0.5) is 0 Å². The molecule has 4 rings (SSSR count). The average Bonchev–Trinajstić information content (AvgIpc) is 3.10. The lowest BCUT2D eigenvalue weighted by Crippen LogP contribution is -2.52. The number of nitrogens with zero attached hydrogens (tertiary/aromatic N) is 1. The van der Waals surface area contributed by atoms with E-state index in [0.29, 0.717) is 11.4 Å². The maximum atomic E-state index is 12.6. The Morgan fingerprint density at radius 3 is 2.58 bits per heavy atom. The predicted octanol–water partition coefficient (Wildman–Crippen LogP) is 5.70. The molecule has 0 saturated carbocycles. The Morgan fingerprint density at radius 2 is 1.97 bits per heavy atom. The molecular weight excluding hydrogens is 428 g/mol. The number of carbonyl (C=O) groups is 1. The van der Waals surface area contributed by atoms with Crippen LogP contribution in [0.5, 0.6) is 0 Å². The minimum absolute atomic E-state index is 0.0489. The summed E-state index contributed by atoms with van der Waals surface area (Å²) in [5.74, 6) is 0.896. The van der Waals surface area contributed by atoms with E-state index in [2.05, 4.69) is 83.9 Å². The van der Waals surface area contributed by atoms with Crippen molar-refractivity contribution >= 4 is 27.6 Å². The predicted molar refractivity (Wildman–Crippen MR) is 128 cm³/mol. The number of hydrogen-bond donors (Lipinski definition) is 1. The van der Waals surface area contributed by atoms with Crippen molar-refractivity contribution in [3.8, 4) is 0 Å². The van der Waals surface area contributed by atoms with Crippen molar-refractivity contribution in [2.24, 2.45) is 0 Å². The van der Waals surface area contributed by atoms with Crippen molar-refractivity contribution in [1.29, 1.82) is 0 Å². The van der Waals surface area contributed by atoms with Crippen LogP contribution in [-0.4, -0.2) is 33.3 Å². The number of hydrogen-bond acceptors (Lipinski definition) is 5. The van der Waals surface area contributed by atoms with Gasteiger partial charge in [0.05, 0.1) is 16.8 Å². The quantitative estimate of drug-likeness (QED) is 0.592. The Bertz CT molecular complexity index is 1020. The Hall–Kier alpha value is -1.41. The second-order valence-electron chi connectivity index (χ2n) is 10.6. The van der Waals surface area contributed by atoms with E-state index in [1.54, 1.807) is 6.20 Å². The van der Waals surface area contributed by atoms with Gasteiger partial charge in [0.15, 0.2) is 0 Å². The second-order valence-corrected chi connectivity index (χ2v) is 14.6. The van der Waals surface area contributed by atoms with E-state index in [1.165, 1.54) is 16.2 Å². The Labute approximate surface area is 191 Å². The SMILES string of the molecule is Cc1cc(S23CC2OC(C)(C)C(C)(C)O3)ccc1CNC(=O)c1cnc(C(C)(C)C)s1. The number of carbonyl (C=O) groups excluding carboxylic acids is 1. The average molecular weight is 463 g/mol. The fraction of sp³-hybridized carbons (Fsp3) is 0.583. The van der Waals surface area contributed by atoms with E-state index in [-0.39, 0.29) is 28.0 Å². The molecule has 0 bridgehead atoms. The lowest BCUT2D eigenvalue weighted by Gasteiger charge is -2.49. The van der Waals surface area contributed by atoms with Crippen LogP contribution in [0.25, 0.3) is 0 Å². The molecule has 2 atom stereocenters. The third kappa shape index (κ3) is 4.06. The number of aryl methyl sites for hydroxylation is 1. The highest BCUT2D eigenvalue weighted by atomic mass is 32.3. The number of ether oxygens (including phenoxy) is 1. The molecule has 0 radical (unpaired) electrons. The molecular formula is C24H34N2O3S2. The number of fused-ring (bicyclic) bond motifs is 1. The standard InChI is InChI=1S/C24H34N2O3S2/c1-15-11-17(31-14-19(31)28-23(5,6)24(7,8)29-31)10-9-16(15)12-25-20(27)18-13-26-21(30-18)22(2,3)4/h9-11,13,19H,12,14H2,1-8H3,(H,25,27). The minimum atomic E-state index is -1.37. The first-order chi connectivity index (χ1) is 14.3. The molecule has 0 aliphatic carbocycles. The first-order valence-corrected chi connectivity index (χ1v) is 13.4. The van der Waals surface area contributed by atoms with E-state index in [4.69, 9.17) is 8.92 Å². The fourth-order valence-corrected chi connectivity index (χ4v) is 8.11. The number of aromatic nitrogens is 1. The Kier molecular flexibility index (Phi) is 5.36. The number of thiazole rings is 1. The van der Waals surface area contributed by atoms with Crippen LogP contribution in [0, 0.1) is 6.92 Å². The van der Waals surface area contributed by atoms with Gasteiger partial charge in [-0.1, -0.05) is 37.1 Å². The molecule has 1 aromatic carbocycles. The molecule has 2 aromatic rings. The minimum Gasteiger partial charge on any atom is -0.357 e. The highest BCUT2D eigenvalue weighted by molar-refractivity contribution is 8.36. The number of nitrogens with one attached hydrogen (secondary N) is 1. The van der Waals surface area contributed by atoms with E-state index in [1.807, 2.05) is 0 Å². The van der Waals surface area contributed by atoms with Gasteiger partial charge in [-0.2, -0.15) is 0 Å². The van der Waals surface area contributed by atoms with Crippen LogP contribution < -0.4 is 5.32 Å². The molecule has 31 heavy (non-hydrogen) atoms. The zero-order valence-electron chi connectivity index (χ0n) is 19.8. The highest BCUT2D eigenvalue weighted by Crippen LogP contribution is 2.79. The summed E-state index contributed by atoms with van der Waals surface area (Å²) < 4.78 is 13.1. The lowest BCUT2D eigenvalue weighted by molar-refractivity contribution is -0.144. The zero-order chi connectivity index (χ0) is 22.8. The van der Waals surface area contributed by atoms with Crippen LogP contribution in [-0.2, 0) is 20.9 Å². The molecule has 1 N–H and O–H groups in total. The van der Waals surface area contributed by atoms with Gasteiger partial charge in [0.1, 0.15) is 15.9 Å². The molecule has 170 valence electrons. The highest BCUT2D eigenvalue weighted by Gasteiger charge is 2.64. The van der Waals surface area contributed by atoms with Crippen molar-refractivity contribution in [3.63, 3.8) is 0 Å². The van der Waals surface area contributed by atoms with Gasteiger partial charge in [-0.05, 0) is 57.9 Å². The van der Waals surface area contributed by atoms with Gasteiger partial charge in [0.2, 0.25) is 0 Å². The van der Waals surface area contributed by atoms with Gasteiger partial charge < -0.3 is 14.2 Å². The van der Waals surface area contributed by atoms with Gasteiger partial charge in [-0.3, -0.25) is 4.79 Å². The summed E-state index contributed by atoms with van der Waals surface area (Å²) in [4.78, 5) is 18.9. The third-order valence-electron chi connectivity index (χ3n) is 6.45. The monoisotopic (exact) mass is 462 g/mol. The van der Waals surface area contributed by atoms with E-state index >= 15 is 0 Å². The van der Waals surface area contributed by atoms with Crippen LogP contribution >= 0.6 is 21.6 Å². The second kappa shape index (κ2) is 7.30. The summed E-state index contributed by atoms with van der Waals surface area (Å²) in [5, 5.41) is 4.02. The third-order valence-corrected chi connectivity index (χ3v) is 11.1. The lowest BCUT2D eigenvalue weighted by atomic mass is 9.89. The van der Waals surface area contributed by atoms with Crippen LogP contribution in [0.15, 0.2) is 29.3 Å². The van der Waals surface area contributed by atoms with Gasteiger partial charge in [0.25, 0.3) is 5.91 Å². The summed E-state index contributed by atoms with van der Waals surface area (Å²) in [6, 6.07) is 6.50. The van der Waals surface area contributed by atoms with Crippen molar-refractivity contribution < 1.29 is 13.7 Å². The molecule has 2 aliphatic heterocycles. The van der Waals surface area contributed by atoms with Crippen molar-refractivity contribution in [3.05, 3.63) is 45.4 Å². The van der Waals surface area contributed by atoms with Crippen molar-refractivity contribution in [2.45, 2.75) is 88.9 Å². The molecule has 3 heterocycles. The zero-order valence-corrected chi connectivity index (χ0v) is 21.4. The van der Waals surface area contributed by atoms with Crippen LogP contribution in [0.1, 0.15) is 74.3 Å². The molecule has 0 spiro atoms. The van der Waals surface area contributed by atoms with E-state index in [9.17, 15) is 4.79 Å². The molecule has 1 amide bonds. The first kappa shape index (κ1) is 22.8. The molecule has 2 unspecified atom stereocenters. The smallest absolute Gasteiger partial charge is 0.263 e. The Balaban J connectivity index is 1.45. The van der Waals surface area contributed by atoms with E-state index in [0.717, 1.165) is 21.9 Å². The van der Waals surface area contributed by atoms with Crippen molar-refractivity contribution in [1.82, 2.24) is 10.3 Å². The van der Waals surface area contributed by atoms with Gasteiger partial charge in [0, 0.05) is 22.6 Å². The number of amides is 1. The molecule has 2 fully saturated rings.